The van der Waals surface area contributed by atoms with Crippen LogP contribution in [0, 0.1) is 5.92 Å². The lowest BCUT2D eigenvalue weighted by Gasteiger charge is -2.24. The van der Waals surface area contributed by atoms with Crippen molar-refractivity contribution < 1.29 is 9.90 Å². The summed E-state index contributed by atoms with van der Waals surface area (Å²) in [6.07, 6.45) is 3.66. The van der Waals surface area contributed by atoms with E-state index in [4.69, 9.17) is 5.11 Å². The van der Waals surface area contributed by atoms with E-state index in [1.54, 1.807) is 0 Å². The average Bonchev–Trinajstić information content (AvgIpc) is 2.05. The van der Waals surface area contributed by atoms with Crippen molar-refractivity contribution in [2.45, 2.75) is 31.7 Å². The Morgan fingerprint density at radius 3 is 2.27 bits per heavy atom. The van der Waals surface area contributed by atoms with Gasteiger partial charge in [-0.1, -0.05) is 0 Å². The topological polar surface area (TPSA) is 49.3 Å². The number of carboxylic acid groups (broad SMARTS) is 1. The minimum absolute atomic E-state index is 0.0870. The van der Waals surface area contributed by atoms with Gasteiger partial charge in [0.25, 0.3) is 0 Å². The molecule has 3 nitrogen and oxygen atoms in total. The van der Waals surface area contributed by atoms with Gasteiger partial charge in [-0.3, -0.25) is 8.32 Å². The molecule has 0 aromatic rings. The predicted molar refractivity (Wildman–Crippen MR) is 50.5 cm³/mol. The van der Waals surface area contributed by atoms with Crippen LogP contribution in [0.4, 0.5) is 0 Å². The quantitative estimate of drug-likeness (QED) is 0.591. The molecule has 0 saturated heterocycles. The number of carbonyl (C=O) groups is 1. The molecule has 0 atom stereocenters. The lowest BCUT2D eigenvalue weighted by atomic mass is 9.87. The van der Waals surface area contributed by atoms with E-state index >= 15 is 0 Å². The maximum atomic E-state index is 10.5. The van der Waals surface area contributed by atoms with Crippen LogP contribution in [0.2, 0.25) is 0 Å². The fourth-order valence-electron chi connectivity index (χ4n) is 1.45. The smallest absolute Gasteiger partial charge is 0.306 e. The van der Waals surface area contributed by atoms with Gasteiger partial charge in [0.2, 0.25) is 0 Å². The van der Waals surface area contributed by atoms with E-state index in [0.717, 1.165) is 25.7 Å². The van der Waals surface area contributed by atoms with Gasteiger partial charge in [-0.15, -0.1) is 0 Å². The number of rotatable bonds is 2. The first-order chi connectivity index (χ1) is 5.24. The number of hydrogen-bond acceptors (Lipinski definition) is 2. The van der Waals surface area contributed by atoms with Crippen LogP contribution in [-0.2, 0) is 4.79 Å². The van der Waals surface area contributed by atoms with Gasteiger partial charge < -0.3 is 5.11 Å². The van der Waals surface area contributed by atoms with E-state index in [-0.39, 0.29) is 5.92 Å². The summed E-state index contributed by atoms with van der Waals surface area (Å²) in [5.74, 6) is -0.715. The Labute approximate surface area is 80.0 Å². The Balaban J connectivity index is 2.30. The Morgan fingerprint density at radius 1 is 1.36 bits per heavy atom. The van der Waals surface area contributed by atoms with Crippen LogP contribution in [0.25, 0.3) is 0 Å². The number of hydrogen-bond donors (Lipinski definition) is 2. The monoisotopic (exact) mass is 269 g/mol. The molecule has 0 aromatic carbocycles. The standard InChI is InChI=1S/C7H12INO2/c8-9-6-3-1-5(2-4-6)7(10)11/h5-6,9H,1-4H2,(H,10,11). The molecule has 1 aliphatic carbocycles. The SMILES string of the molecule is O=C(O)C1CCC(NI)CC1. The fraction of sp³-hybridized carbons (Fsp3) is 0.857. The van der Waals surface area contributed by atoms with Crippen molar-refractivity contribution >= 4 is 28.8 Å². The molecule has 0 aromatic heterocycles. The lowest BCUT2D eigenvalue weighted by Crippen LogP contribution is -2.29. The third-order valence-corrected chi connectivity index (χ3v) is 3.11. The van der Waals surface area contributed by atoms with Crippen molar-refractivity contribution in [2.75, 3.05) is 0 Å². The van der Waals surface area contributed by atoms with Crippen LogP contribution in [0.5, 0.6) is 0 Å². The van der Waals surface area contributed by atoms with Gasteiger partial charge in [-0.05, 0) is 25.7 Å². The van der Waals surface area contributed by atoms with Crippen LogP contribution in [0.3, 0.4) is 0 Å². The first kappa shape index (κ1) is 9.25. The lowest BCUT2D eigenvalue weighted by molar-refractivity contribution is -0.142. The Kier molecular flexibility index (Phi) is 3.58. The molecule has 1 rings (SSSR count). The highest BCUT2D eigenvalue weighted by molar-refractivity contribution is 14.1. The van der Waals surface area contributed by atoms with Gasteiger partial charge in [0, 0.05) is 28.9 Å². The molecule has 0 radical (unpaired) electrons. The van der Waals surface area contributed by atoms with Gasteiger partial charge in [-0.25, -0.2) is 0 Å². The molecule has 0 bridgehead atoms. The van der Waals surface area contributed by atoms with E-state index in [9.17, 15) is 4.79 Å². The first-order valence-corrected chi connectivity index (χ1v) is 4.91. The summed E-state index contributed by atoms with van der Waals surface area (Å²) < 4.78 is 3.14. The summed E-state index contributed by atoms with van der Waals surface area (Å²) in [4.78, 5) is 10.5. The highest BCUT2D eigenvalue weighted by atomic mass is 127. The Bertz CT molecular complexity index is 143. The molecular weight excluding hydrogens is 257 g/mol. The maximum absolute atomic E-state index is 10.5. The Morgan fingerprint density at radius 2 is 1.91 bits per heavy atom. The minimum atomic E-state index is -0.628. The van der Waals surface area contributed by atoms with Gasteiger partial charge in [0.15, 0.2) is 0 Å². The third kappa shape index (κ3) is 2.59. The summed E-state index contributed by atoms with van der Waals surface area (Å²) in [7, 11) is 0. The van der Waals surface area contributed by atoms with Crippen molar-refractivity contribution in [3.63, 3.8) is 0 Å². The number of carboxylic acids is 1. The maximum Gasteiger partial charge on any atom is 0.306 e. The van der Waals surface area contributed by atoms with Crippen LogP contribution in [-0.4, -0.2) is 17.1 Å². The molecule has 0 unspecified atom stereocenters. The van der Waals surface area contributed by atoms with Crippen molar-refractivity contribution in [3.05, 3.63) is 0 Å². The zero-order valence-corrected chi connectivity index (χ0v) is 8.37. The summed E-state index contributed by atoms with van der Waals surface area (Å²) in [6.45, 7) is 0. The van der Waals surface area contributed by atoms with Gasteiger partial charge >= 0.3 is 5.97 Å². The van der Waals surface area contributed by atoms with E-state index in [1.165, 1.54) is 0 Å². The van der Waals surface area contributed by atoms with Crippen molar-refractivity contribution in [3.8, 4) is 0 Å². The molecule has 0 aliphatic heterocycles. The van der Waals surface area contributed by atoms with Crippen molar-refractivity contribution in [2.24, 2.45) is 5.92 Å². The molecular formula is C7H12INO2. The summed E-state index contributed by atoms with van der Waals surface area (Å²) in [6, 6.07) is 0.534. The second kappa shape index (κ2) is 4.25. The molecule has 0 spiro atoms. The molecule has 1 aliphatic rings. The van der Waals surface area contributed by atoms with Crippen LogP contribution in [0.15, 0.2) is 0 Å². The molecule has 0 amide bonds. The summed E-state index contributed by atoms with van der Waals surface area (Å²) in [5, 5.41) is 8.67. The van der Waals surface area contributed by atoms with Crippen LogP contribution >= 0.6 is 22.9 Å². The predicted octanol–water partition coefficient (Wildman–Crippen LogP) is 1.57. The minimum Gasteiger partial charge on any atom is -0.481 e. The highest BCUT2D eigenvalue weighted by Crippen LogP contribution is 2.24. The van der Waals surface area contributed by atoms with Gasteiger partial charge in [-0.2, -0.15) is 0 Å². The molecule has 1 saturated carbocycles. The van der Waals surface area contributed by atoms with Gasteiger partial charge in [0.05, 0.1) is 5.92 Å². The highest BCUT2D eigenvalue weighted by Gasteiger charge is 2.24. The normalized spacial score (nSPS) is 31.7. The first-order valence-electron chi connectivity index (χ1n) is 3.83. The van der Waals surface area contributed by atoms with Crippen molar-refractivity contribution in [1.82, 2.24) is 3.53 Å². The second-order valence-corrected chi connectivity index (χ2v) is 3.62. The molecule has 64 valence electrons. The largest absolute Gasteiger partial charge is 0.481 e. The summed E-state index contributed by atoms with van der Waals surface area (Å²) >= 11 is 2.13. The third-order valence-electron chi connectivity index (χ3n) is 2.23. The van der Waals surface area contributed by atoms with Crippen LogP contribution in [0.1, 0.15) is 25.7 Å². The molecule has 0 heterocycles. The van der Waals surface area contributed by atoms with Crippen molar-refractivity contribution in [1.29, 1.82) is 0 Å². The van der Waals surface area contributed by atoms with E-state index in [1.807, 2.05) is 0 Å². The molecule has 11 heavy (non-hydrogen) atoms. The van der Waals surface area contributed by atoms with E-state index in [2.05, 4.69) is 26.4 Å². The van der Waals surface area contributed by atoms with E-state index < -0.39 is 5.97 Å². The number of nitrogens with one attached hydrogen (secondary N) is 1. The number of halogens is 1. The molecule has 4 heteroatoms. The Hall–Kier alpha value is 0.160. The van der Waals surface area contributed by atoms with E-state index in [0.29, 0.717) is 6.04 Å². The molecule has 2 N–H and O–H groups in total. The second-order valence-electron chi connectivity index (χ2n) is 3.00. The zero-order chi connectivity index (χ0) is 8.27. The molecule has 1 fully saturated rings. The van der Waals surface area contributed by atoms with Gasteiger partial charge in [0.1, 0.15) is 0 Å². The summed E-state index contributed by atoms with van der Waals surface area (Å²) in [5.41, 5.74) is 0. The average molecular weight is 269 g/mol. The van der Waals surface area contributed by atoms with Crippen LogP contribution < -0.4 is 3.53 Å². The number of aliphatic carboxylic acids is 1. The zero-order valence-electron chi connectivity index (χ0n) is 6.22. The fourth-order valence-corrected chi connectivity index (χ4v) is 2.07.